The first-order chi connectivity index (χ1) is 9.16. The third-order valence-electron chi connectivity index (χ3n) is 3.49. The average molecular weight is 262 g/mol. The minimum atomic E-state index is 0.208. The van der Waals surface area contributed by atoms with E-state index in [1.165, 1.54) is 6.42 Å². The topological polar surface area (TPSA) is 80.0 Å². The number of rotatable bonds is 6. The monoisotopic (exact) mass is 262 g/mol. The highest BCUT2D eigenvalue weighted by molar-refractivity contribution is 5.79. The summed E-state index contributed by atoms with van der Waals surface area (Å²) in [7, 11) is 0. The van der Waals surface area contributed by atoms with Crippen LogP contribution in [0.15, 0.2) is 12.1 Å². The number of nitrogens with one attached hydrogen (secondary N) is 2. The third kappa shape index (κ3) is 3.84. The predicted molar refractivity (Wildman–Crippen MR) is 76.8 cm³/mol. The van der Waals surface area contributed by atoms with Crippen molar-refractivity contribution in [1.29, 1.82) is 0 Å². The van der Waals surface area contributed by atoms with Crippen molar-refractivity contribution in [3.8, 4) is 0 Å². The SMILES string of the molecule is Cc1ccc(N)c(NCCCNC(=O)C2CCC2)n1. The van der Waals surface area contributed by atoms with E-state index in [0.717, 1.165) is 37.3 Å². The Morgan fingerprint density at radius 3 is 2.89 bits per heavy atom. The molecule has 0 radical (unpaired) electrons. The largest absolute Gasteiger partial charge is 0.396 e. The molecule has 1 fully saturated rings. The molecule has 0 atom stereocenters. The molecule has 1 amide bonds. The minimum absolute atomic E-state index is 0.208. The van der Waals surface area contributed by atoms with Crippen molar-refractivity contribution in [3.63, 3.8) is 0 Å². The van der Waals surface area contributed by atoms with Crippen LogP contribution in [0.2, 0.25) is 0 Å². The van der Waals surface area contributed by atoms with Gasteiger partial charge in [-0.25, -0.2) is 4.98 Å². The van der Waals surface area contributed by atoms with E-state index in [0.29, 0.717) is 12.2 Å². The number of hydrogen-bond donors (Lipinski definition) is 3. The summed E-state index contributed by atoms with van der Waals surface area (Å²) in [6, 6.07) is 3.74. The van der Waals surface area contributed by atoms with Gasteiger partial charge in [0.05, 0.1) is 5.69 Å². The highest BCUT2D eigenvalue weighted by Gasteiger charge is 2.24. The summed E-state index contributed by atoms with van der Waals surface area (Å²) >= 11 is 0. The quantitative estimate of drug-likeness (QED) is 0.682. The zero-order valence-electron chi connectivity index (χ0n) is 11.4. The Kier molecular flexibility index (Phi) is 4.60. The molecular formula is C14H22N4O. The van der Waals surface area contributed by atoms with Crippen LogP contribution in [0.25, 0.3) is 0 Å². The number of carbonyl (C=O) groups excluding carboxylic acids is 1. The maximum Gasteiger partial charge on any atom is 0.223 e. The normalized spacial score (nSPS) is 14.8. The summed E-state index contributed by atoms with van der Waals surface area (Å²) in [6.07, 6.45) is 4.16. The summed E-state index contributed by atoms with van der Waals surface area (Å²) < 4.78 is 0. The number of carbonyl (C=O) groups is 1. The zero-order valence-corrected chi connectivity index (χ0v) is 11.4. The zero-order chi connectivity index (χ0) is 13.7. The van der Waals surface area contributed by atoms with Crippen LogP contribution in [0.5, 0.6) is 0 Å². The lowest BCUT2D eigenvalue weighted by Gasteiger charge is -2.24. The molecule has 0 spiro atoms. The lowest BCUT2D eigenvalue weighted by Crippen LogP contribution is -2.35. The number of nitrogen functional groups attached to an aromatic ring is 1. The number of pyridine rings is 1. The summed E-state index contributed by atoms with van der Waals surface area (Å²) in [5, 5.41) is 6.16. The van der Waals surface area contributed by atoms with Gasteiger partial charge in [-0.1, -0.05) is 6.42 Å². The lowest BCUT2D eigenvalue weighted by molar-refractivity contribution is -0.127. The second-order valence-corrected chi connectivity index (χ2v) is 5.09. The highest BCUT2D eigenvalue weighted by atomic mass is 16.1. The Morgan fingerprint density at radius 2 is 2.21 bits per heavy atom. The van der Waals surface area contributed by atoms with Crippen LogP contribution in [0, 0.1) is 12.8 Å². The molecule has 2 rings (SSSR count). The number of hydrogen-bond acceptors (Lipinski definition) is 4. The van der Waals surface area contributed by atoms with E-state index < -0.39 is 0 Å². The van der Waals surface area contributed by atoms with Gasteiger partial charge in [-0.15, -0.1) is 0 Å². The minimum Gasteiger partial charge on any atom is -0.396 e. The number of aryl methyl sites for hydroxylation is 1. The van der Waals surface area contributed by atoms with E-state index in [2.05, 4.69) is 15.6 Å². The van der Waals surface area contributed by atoms with Crippen molar-refractivity contribution in [2.24, 2.45) is 5.92 Å². The number of nitrogens with two attached hydrogens (primary N) is 1. The molecule has 1 saturated carbocycles. The smallest absolute Gasteiger partial charge is 0.223 e. The van der Waals surface area contributed by atoms with E-state index in [9.17, 15) is 4.79 Å². The maximum atomic E-state index is 11.6. The molecule has 0 bridgehead atoms. The molecule has 1 aromatic rings. The average Bonchev–Trinajstić information content (AvgIpc) is 2.31. The number of amides is 1. The molecule has 1 aromatic heterocycles. The fourth-order valence-corrected chi connectivity index (χ4v) is 2.03. The van der Waals surface area contributed by atoms with Crippen molar-refractivity contribution in [3.05, 3.63) is 17.8 Å². The number of anilines is 2. The molecule has 0 unspecified atom stereocenters. The van der Waals surface area contributed by atoms with E-state index >= 15 is 0 Å². The van der Waals surface area contributed by atoms with Gasteiger partial charge in [-0.05, 0) is 38.3 Å². The first kappa shape index (κ1) is 13.6. The van der Waals surface area contributed by atoms with E-state index in [1.807, 2.05) is 19.1 Å². The second kappa shape index (κ2) is 6.41. The van der Waals surface area contributed by atoms with Gasteiger partial charge < -0.3 is 16.4 Å². The van der Waals surface area contributed by atoms with Gasteiger partial charge in [-0.2, -0.15) is 0 Å². The molecular weight excluding hydrogens is 240 g/mol. The van der Waals surface area contributed by atoms with E-state index in [-0.39, 0.29) is 11.8 Å². The van der Waals surface area contributed by atoms with Gasteiger partial charge in [0.25, 0.3) is 0 Å². The van der Waals surface area contributed by atoms with Gasteiger partial charge in [0.1, 0.15) is 5.82 Å². The van der Waals surface area contributed by atoms with Gasteiger partial charge in [0, 0.05) is 24.7 Å². The highest BCUT2D eigenvalue weighted by Crippen LogP contribution is 2.26. The molecule has 4 N–H and O–H groups in total. The van der Waals surface area contributed by atoms with Gasteiger partial charge in [-0.3, -0.25) is 4.79 Å². The van der Waals surface area contributed by atoms with Crippen molar-refractivity contribution >= 4 is 17.4 Å². The first-order valence-corrected chi connectivity index (χ1v) is 6.91. The molecule has 1 aliphatic rings. The van der Waals surface area contributed by atoms with Crippen molar-refractivity contribution < 1.29 is 4.79 Å². The van der Waals surface area contributed by atoms with Crippen molar-refractivity contribution in [2.45, 2.75) is 32.6 Å². The first-order valence-electron chi connectivity index (χ1n) is 6.91. The van der Waals surface area contributed by atoms with E-state index in [4.69, 9.17) is 5.73 Å². The molecule has 104 valence electrons. The Hall–Kier alpha value is -1.78. The van der Waals surface area contributed by atoms with Crippen molar-refractivity contribution in [1.82, 2.24) is 10.3 Å². The van der Waals surface area contributed by atoms with Crippen LogP contribution in [-0.4, -0.2) is 24.0 Å². The lowest BCUT2D eigenvalue weighted by atomic mass is 9.85. The summed E-state index contributed by atoms with van der Waals surface area (Å²) in [6.45, 7) is 3.39. The molecule has 19 heavy (non-hydrogen) atoms. The third-order valence-corrected chi connectivity index (χ3v) is 3.49. The number of nitrogens with zero attached hydrogens (tertiary/aromatic N) is 1. The van der Waals surface area contributed by atoms with Crippen LogP contribution in [0.3, 0.4) is 0 Å². The second-order valence-electron chi connectivity index (χ2n) is 5.09. The predicted octanol–water partition coefficient (Wildman–Crippen LogP) is 1.69. The van der Waals surface area contributed by atoms with Gasteiger partial charge in [0.15, 0.2) is 0 Å². The van der Waals surface area contributed by atoms with Crippen LogP contribution in [0.1, 0.15) is 31.4 Å². The van der Waals surface area contributed by atoms with Crippen LogP contribution in [-0.2, 0) is 4.79 Å². The summed E-state index contributed by atoms with van der Waals surface area (Å²) in [4.78, 5) is 15.9. The Balaban J connectivity index is 1.63. The molecule has 0 aliphatic heterocycles. The Morgan fingerprint density at radius 1 is 1.42 bits per heavy atom. The van der Waals surface area contributed by atoms with Gasteiger partial charge in [0.2, 0.25) is 5.91 Å². The molecule has 5 nitrogen and oxygen atoms in total. The fraction of sp³-hybridized carbons (Fsp3) is 0.571. The molecule has 5 heteroatoms. The molecule has 0 aromatic carbocycles. The van der Waals surface area contributed by atoms with Crippen LogP contribution < -0.4 is 16.4 Å². The summed E-state index contributed by atoms with van der Waals surface area (Å²) in [5.41, 5.74) is 7.42. The Bertz CT molecular complexity index is 443. The standard InChI is InChI=1S/C14H22N4O/c1-10-6-7-12(15)13(18-10)16-8-3-9-17-14(19)11-4-2-5-11/h6-7,11H,2-5,8-9,15H2,1H3,(H,16,18)(H,17,19). The summed E-state index contributed by atoms with van der Waals surface area (Å²) in [5.74, 6) is 1.20. The van der Waals surface area contributed by atoms with E-state index in [1.54, 1.807) is 0 Å². The molecule has 1 aliphatic carbocycles. The molecule has 0 saturated heterocycles. The van der Waals surface area contributed by atoms with Crippen molar-refractivity contribution in [2.75, 3.05) is 24.1 Å². The Labute approximate surface area is 114 Å². The van der Waals surface area contributed by atoms with Gasteiger partial charge >= 0.3 is 0 Å². The maximum absolute atomic E-state index is 11.6. The van der Waals surface area contributed by atoms with Crippen LogP contribution in [0.4, 0.5) is 11.5 Å². The molecule has 1 heterocycles. The van der Waals surface area contributed by atoms with Crippen LogP contribution >= 0.6 is 0 Å². The fourth-order valence-electron chi connectivity index (χ4n) is 2.03. The number of aromatic nitrogens is 1.